The minimum absolute atomic E-state index is 0.0910. The van der Waals surface area contributed by atoms with Gasteiger partial charge in [0.25, 0.3) is 11.5 Å². The molecule has 8 heteroatoms. The fraction of sp³-hybridized carbons (Fsp3) is 0.320. The van der Waals surface area contributed by atoms with Gasteiger partial charge < -0.3 is 20.1 Å². The van der Waals surface area contributed by atoms with Gasteiger partial charge in [-0.05, 0) is 68.1 Å². The van der Waals surface area contributed by atoms with Crippen LogP contribution in [-0.2, 0) is 11.8 Å². The maximum Gasteiger partial charge on any atom is 0.294 e. The molecule has 2 aromatic carbocycles. The molecule has 1 aromatic heterocycles. The predicted octanol–water partition coefficient (Wildman–Crippen LogP) is 3.84. The van der Waals surface area contributed by atoms with Gasteiger partial charge in [-0.3, -0.25) is 9.59 Å². The van der Waals surface area contributed by atoms with Crippen LogP contribution >= 0.6 is 0 Å². The van der Waals surface area contributed by atoms with Crippen LogP contribution in [0.2, 0.25) is 0 Å². The molecular weight excluding hydrogens is 420 g/mol. The van der Waals surface area contributed by atoms with Gasteiger partial charge in [-0.25, -0.2) is 4.68 Å². The quantitative estimate of drug-likeness (QED) is 0.570. The second kappa shape index (κ2) is 9.87. The fourth-order valence-corrected chi connectivity index (χ4v) is 3.63. The zero-order valence-electron chi connectivity index (χ0n) is 19.1. The molecule has 0 spiro atoms. The number of nitrogens with one attached hydrogen (secondary N) is 2. The van der Waals surface area contributed by atoms with Crippen LogP contribution in [-0.4, -0.2) is 34.9 Å². The number of carbonyl (C=O) groups is 1. The number of amides is 1. The van der Waals surface area contributed by atoms with Crippen LogP contribution in [0.5, 0.6) is 11.5 Å². The van der Waals surface area contributed by atoms with E-state index in [2.05, 4.69) is 15.7 Å². The SMILES string of the molecule is Cc1cccc(Oc2cnn(C)c(=O)c2Nc2ccc(C(=O)NCC3CCCO3)cc2)c1C. The summed E-state index contributed by atoms with van der Waals surface area (Å²) in [5.74, 6) is 0.826. The Morgan fingerprint density at radius 1 is 1.18 bits per heavy atom. The minimum Gasteiger partial charge on any atom is -0.453 e. The zero-order valence-corrected chi connectivity index (χ0v) is 19.1. The Bertz CT molecular complexity index is 1200. The lowest BCUT2D eigenvalue weighted by atomic mass is 10.1. The Morgan fingerprint density at radius 3 is 2.70 bits per heavy atom. The van der Waals surface area contributed by atoms with Crippen molar-refractivity contribution in [2.24, 2.45) is 7.05 Å². The molecule has 0 radical (unpaired) electrons. The van der Waals surface area contributed by atoms with Crippen LogP contribution in [0.1, 0.15) is 34.3 Å². The average molecular weight is 449 g/mol. The van der Waals surface area contributed by atoms with Crippen molar-refractivity contribution < 1.29 is 14.3 Å². The number of rotatable bonds is 7. The van der Waals surface area contributed by atoms with Crippen molar-refractivity contribution in [3.8, 4) is 11.5 Å². The van der Waals surface area contributed by atoms with Gasteiger partial charge in [0.1, 0.15) is 5.75 Å². The van der Waals surface area contributed by atoms with Gasteiger partial charge in [0.05, 0.1) is 12.3 Å². The van der Waals surface area contributed by atoms with Crippen molar-refractivity contribution in [3.63, 3.8) is 0 Å². The summed E-state index contributed by atoms with van der Waals surface area (Å²) in [4.78, 5) is 25.2. The molecule has 8 nitrogen and oxygen atoms in total. The summed E-state index contributed by atoms with van der Waals surface area (Å²) in [7, 11) is 1.58. The molecule has 2 N–H and O–H groups in total. The highest BCUT2D eigenvalue weighted by atomic mass is 16.5. The molecule has 1 amide bonds. The van der Waals surface area contributed by atoms with Crippen LogP contribution in [0, 0.1) is 13.8 Å². The van der Waals surface area contributed by atoms with Gasteiger partial charge in [-0.15, -0.1) is 0 Å². The lowest BCUT2D eigenvalue weighted by molar-refractivity contribution is 0.0858. The molecule has 1 atom stereocenters. The first-order valence-electron chi connectivity index (χ1n) is 11.0. The zero-order chi connectivity index (χ0) is 23.4. The molecule has 0 aliphatic carbocycles. The standard InChI is InChI=1S/C25H28N4O4/c1-16-6-4-8-21(17(16)2)33-22-15-27-29(3)25(31)23(22)28-19-11-9-18(10-12-19)24(30)26-14-20-7-5-13-32-20/h4,6,8-12,15,20,28H,5,7,13-14H2,1-3H3,(H,26,30). The van der Waals surface area contributed by atoms with E-state index >= 15 is 0 Å². The molecule has 33 heavy (non-hydrogen) atoms. The van der Waals surface area contributed by atoms with E-state index in [4.69, 9.17) is 9.47 Å². The predicted molar refractivity (Wildman–Crippen MR) is 126 cm³/mol. The fourth-order valence-electron chi connectivity index (χ4n) is 3.63. The summed E-state index contributed by atoms with van der Waals surface area (Å²) in [6, 6.07) is 12.7. The summed E-state index contributed by atoms with van der Waals surface area (Å²) >= 11 is 0. The van der Waals surface area contributed by atoms with Gasteiger partial charge in [0, 0.05) is 31.5 Å². The van der Waals surface area contributed by atoms with E-state index in [1.54, 1.807) is 31.3 Å². The third kappa shape index (κ3) is 5.23. The summed E-state index contributed by atoms with van der Waals surface area (Å²) in [5.41, 5.74) is 3.21. The number of nitrogens with zero attached hydrogens (tertiary/aromatic N) is 2. The Kier molecular flexibility index (Phi) is 6.74. The molecule has 1 aliphatic heterocycles. The second-order valence-electron chi connectivity index (χ2n) is 8.16. The smallest absolute Gasteiger partial charge is 0.294 e. The Labute approximate surface area is 192 Å². The summed E-state index contributed by atoms with van der Waals surface area (Å²) < 4.78 is 12.8. The van der Waals surface area contributed by atoms with Gasteiger partial charge in [-0.1, -0.05) is 12.1 Å². The molecule has 2 heterocycles. The van der Waals surface area contributed by atoms with Crippen molar-refractivity contribution in [1.29, 1.82) is 0 Å². The maximum atomic E-state index is 12.8. The maximum absolute atomic E-state index is 12.8. The van der Waals surface area contributed by atoms with Crippen LogP contribution in [0.4, 0.5) is 11.4 Å². The van der Waals surface area contributed by atoms with E-state index < -0.39 is 0 Å². The highest BCUT2D eigenvalue weighted by molar-refractivity contribution is 5.94. The number of benzene rings is 2. The Balaban J connectivity index is 1.51. The van der Waals surface area contributed by atoms with Crippen LogP contribution < -0.4 is 20.9 Å². The highest BCUT2D eigenvalue weighted by Gasteiger charge is 2.17. The lowest BCUT2D eigenvalue weighted by Crippen LogP contribution is -2.31. The largest absolute Gasteiger partial charge is 0.453 e. The first kappa shape index (κ1) is 22.5. The van der Waals surface area contributed by atoms with Crippen molar-refractivity contribution in [3.05, 3.63) is 75.7 Å². The Morgan fingerprint density at radius 2 is 1.97 bits per heavy atom. The number of aryl methyl sites for hydroxylation is 2. The number of ether oxygens (including phenoxy) is 2. The van der Waals surface area contributed by atoms with E-state index in [0.29, 0.717) is 29.3 Å². The van der Waals surface area contributed by atoms with E-state index in [9.17, 15) is 9.59 Å². The van der Waals surface area contributed by atoms with Gasteiger partial charge in [0.2, 0.25) is 0 Å². The van der Waals surface area contributed by atoms with Crippen molar-refractivity contribution in [2.45, 2.75) is 32.8 Å². The van der Waals surface area contributed by atoms with Crippen molar-refractivity contribution >= 4 is 17.3 Å². The first-order valence-corrected chi connectivity index (χ1v) is 11.0. The molecule has 3 aromatic rings. The minimum atomic E-state index is -0.323. The van der Waals surface area contributed by atoms with Gasteiger partial charge in [0.15, 0.2) is 11.4 Å². The normalized spacial score (nSPS) is 15.3. The third-order valence-electron chi connectivity index (χ3n) is 5.81. The highest BCUT2D eigenvalue weighted by Crippen LogP contribution is 2.31. The van der Waals surface area contributed by atoms with Gasteiger partial charge >= 0.3 is 0 Å². The topological polar surface area (TPSA) is 94.5 Å². The van der Waals surface area contributed by atoms with E-state index in [1.165, 1.54) is 10.9 Å². The van der Waals surface area contributed by atoms with Crippen LogP contribution in [0.25, 0.3) is 0 Å². The van der Waals surface area contributed by atoms with Crippen molar-refractivity contribution in [1.82, 2.24) is 15.1 Å². The lowest BCUT2D eigenvalue weighted by Gasteiger charge is -2.15. The molecule has 4 rings (SSSR count). The number of carbonyl (C=O) groups excluding carboxylic acids is 1. The number of aromatic nitrogens is 2. The average Bonchev–Trinajstić information content (AvgIpc) is 3.34. The van der Waals surface area contributed by atoms with E-state index in [0.717, 1.165) is 30.6 Å². The molecule has 172 valence electrons. The van der Waals surface area contributed by atoms with E-state index in [1.807, 2.05) is 32.0 Å². The number of hydrogen-bond acceptors (Lipinski definition) is 6. The monoisotopic (exact) mass is 448 g/mol. The molecule has 0 saturated carbocycles. The van der Waals surface area contributed by atoms with E-state index in [-0.39, 0.29) is 23.3 Å². The summed E-state index contributed by atoms with van der Waals surface area (Å²) in [6.07, 6.45) is 3.60. The summed E-state index contributed by atoms with van der Waals surface area (Å²) in [6.45, 7) is 5.23. The molecule has 1 fully saturated rings. The molecule has 1 saturated heterocycles. The van der Waals surface area contributed by atoms with Gasteiger partial charge in [-0.2, -0.15) is 5.10 Å². The number of hydrogen-bond donors (Lipinski definition) is 2. The number of anilines is 2. The van der Waals surface area contributed by atoms with Crippen LogP contribution in [0.15, 0.2) is 53.5 Å². The second-order valence-corrected chi connectivity index (χ2v) is 8.16. The van der Waals surface area contributed by atoms with Crippen LogP contribution in [0.3, 0.4) is 0 Å². The molecule has 1 aliphatic rings. The van der Waals surface area contributed by atoms with Crippen molar-refractivity contribution in [2.75, 3.05) is 18.5 Å². The third-order valence-corrected chi connectivity index (χ3v) is 5.81. The Hall–Kier alpha value is -3.65. The molecule has 1 unspecified atom stereocenters. The molecular formula is C25H28N4O4. The summed E-state index contributed by atoms with van der Waals surface area (Å²) in [5, 5.41) is 10.1. The molecule has 0 bridgehead atoms. The first-order chi connectivity index (χ1) is 15.9.